The maximum atomic E-state index is 12.2. The Morgan fingerprint density at radius 3 is 2.78 bits per heavy atom. The fraction of sp³-hybridized carbons (Fsp3) is 0.800. The number of nitrogens with zero attached hydrogens (tertiary/aromatic N) is 4. The zero-order chi connectivity index (χ0) is 13.0. The van der Waals surface area contributed by atoms with Crippen molar-refractivity contribution in [2.24, 2.45) is 0 Å². The minimum atomic E-state index is -0.522. The Labute approximate surface area is 106 Å². The van der Waals surface area contributed by atoms with E-state index in [1.807, 2.05) is 13.8 Å². The molecule has 0 radical (unpaired) electrons. The summed E-state index contributed by atoms with van der Waals surface area (Å²) in [5, 5.41) is 19.5. The van der Waals surface area contributed by atoms with E-state index in [4.69, 9.17) is 0 Å². The molecule has 1 aromatic heterocycles. The molecule has 0 atom stereocenters. The third kappa shape index (κ3) is 2.82. The fourth-order valence-corrected chi connectivity index (χ4v) is 2.00. The van der Waals surface area contributed by atoms with Crippen LogP contribution in [0.4, 0.5) is 0 Å². The molecule has 2 heterocycles. The van der Waals surface area contributed by atoms with Crippen LogP contribution in [0.2, 0.25) is 0 Å². The van der Waals surface area contributed by atoms with Gasteiger partial charge in [-0.3, -0.25) is 9.69 Å². The summed E-state index contributed by atoms with van der Waals surface area (Å²) in [5.74, 6) is 0.466. The average Bonchev–Trinajstić information content (AvgIpc) is 2.90. The lowest BCUT2D eigenvalue weighted by atomic mass is 10.0. The Kier molecular flexibility index (Phi) is 3.87. The minimum Gasteiger partial charge on any atom is -0.347 e. The lowest BCUT2D eigenvalue weighted by molar-refractivity contribution is -0.132. The van der Waals surface area contributed by atoms with Gasteiger partial charge in [-0.1, -0.05) is 5.21 Å². The Morgan fingerprint density at radius 1 is 1.44 bits per heavy atom. The number of H-pyrrole nitrogens is 1. The molecule has 0 unspecified atom stereocenters. The van der Waals surface area contributed by atoms with Gasteiger partial charge in [0.1, 0.15) is 0 Å². The molecule has 1 aliphatic rings. The molecule has 0 aromatic carbocycles. The standard InChI is InChI=1S/C10H19N7O/c1-10(2,17-5-3-11-4-6-17)9(18)12-7-8-13-15-16-14-8/h11H,3-7H2,1-2H3,(H,12,18)(H,13,14,15,16). The third-order valence-corrected chi connectivity index (χ3v) is 3.26. The van der Waals surface area contributed by atoms with Crippen molar-refractivity contribution in [3.05, 3.63) is 5.82 Å². The van der Waals surface area contributed by atoms with Gasteiger partial charge in [-0.15, -0.1) is 10.2 Å². The van der Waals surface area contributed by atoms with E-state index in [1.165, 1.54) is 0 Å². The predicted octanol–water partition coefficient (Wildman–Crippen LogP) is -1.50. The highest BCUT2D eigenvalue weighted by atomic mass is 16.2. The van der Waals surface area contributed by atoms with E-state index in [0.29, 0.717) is 12.4 Å². The van der Waals surface area contributed by atoms with Crippen molar-refractivity contribution < 1.29 is 4.79 Å². The SMILES string of the molecule is CC(C)(C(=O)NCc1nn[nH]n1)N1CCNCC1. The van der Waals surface area contributed by atoms with E-state index < -0.39 is 5.54 Å². The minimum absolute atomic E-state index is 0.0193. The van der Waals surface area contributed by atoms with Crippen LogP contribution in [0.15, 0.2) is 0 Å². The van der Waals surface area contributed by atoms with Crippen LogP contribution in [0.3, 0.4) is 0 Å². The number of tetrazole rings is 1. The van der Waals surface area contributed by atoms with Gasteiger partial charge in [0.15, 0.2) is 5.82 Å². The highest BCUT2D eigenvalue weighted by Crippen LogP contribution is 2.15. The van der Waals surface area contributed by atoms with Gasteiger partial charge < -0.3 is 10.6 Å². The lowest BCUT2D eigenvalue weighted by Crippen LogP contribution is -2.59. The Morgan fingerprint density at radius 2 is 2.17 bits per heavy atom. The first-order valence-corrected chi connectivity index (χ1v) is 6.07. The summed E-state index contributed by atoms with van der Waals surface area (Å²) in [6, 6.07) is 0. The van der Waals surface area contributed by atoms with Gasteiger partial charge in [0.2, 0.25) is 5.91 Å². The van der Waals surface area contributed by atoms with E-state index in [9.17, 15) is 4.79 Å². The summed E-state index contributed by atoms with van der Waals surface area (Å²) in [4.78, 5) is 14.4. The number of carbonyl (C=O) groups is 1. The normalized spacial score (nSPS) is 17.7. The molecule has 3 N–H and O–H groups in total. The third-order valence-electron chi connectivity index (χ3n) is 3.26. The molecule has 8 nitrogen and oxygen atoms in total. The molecule has 2 rings (SSSR count). The summed E-state index contributed by atoms with van der Waals surface area (Å²) >= 11 is 0. The number of hydrogen-bond donors (Lipinski definition) is 3. The lowest BCUT2D eigenvalue weighted by Gasteiger charge is -2.39. The van der Waals surface area contributed by atoms with Crippen LogP contribution in [0.1, 0.15) is 19.7 Å². The largest absolute Gasteiger partial charge is 0.347 e. The van der Waals surface area contributed by atoms with Gasteiger partial charge in [0.05, 0.1) is 12.1 Å². The molecule has 0 aliphatic carbocycles. The maximum Gasteiger partial charge on any atom is 0.240 e. The van der Waals surface area contributed by atoms with Crippen molar-refractivity contribution in [2.45, 2.75) is 25.9 Å². The van der Waals surface area contributed by atoms with Crippen LogP contribution in [-0.2, 0) is 11.3 Å². The predicted molar refractivity (Wildman–Crippen MR) is 64.5 cm³/mol. The zero-order valence-corrected chi connectivity index (χ0v) is 10.7. The Bertz CT molecular complexity index is 383. The second-order valence-corrected chi connectivity index (χ2v) is 4.81. The number of hydrogen-bond acceptors (Lipinski definition) is 6. The molecule has 0 saturated carbocycles. The van der Waals surface area contributed by atoms with E-state index >= 15 is 0 Å². The highest BCUT2D eigenvalue weighted by molar-refractivity contribution is 5.85. The first-order chi connectivity index (χ1) is 8.60. The van der Waals surface area contributed by atoms with Crippen molar-refractivity contribution in [1.29, 1.82) is 0 Å². The summed E-state index contributed by atoms with van der Waals surface area (Å²) in [6.45, 7) is 7.76. The van der Waals surface area contributed by atoms with Gasteiger partial charge in [0.25, 0.3) is 0 Å². The van der Waals surface area contributed by atoms with Crippen LogP contribution in [0, 0.1) is 0 Å². The number of aromatic amines is 1. The fourth-order valence-electron chi connectivity index (χ4n) is 2.00. The van der Waals surface area contributed by atoms with Crippen molar-refractivity contribution in [2.75, 3.05) is 26.2 Å². The molecule has 1 fully saturated rings. The molecular weight excluding hydrogens is 234 g/mol. The van der Waals surface area contributed by atoms with Crippen molar-refractivity contribution in [1.82, 2.24) is 36.2 Å². The quantitative estimate of drug-likeness (QED) is 0.604. The summed E-state index contributed by atoms with van der Waals surface area (Å²) in [6.07, 6.45) is 0. The first kappa shape index (κ1) is 12.9. The molecule has 18 heavy (non-hydrogen) atoms. The van der Waals surface area contributed by atoms with Crippen LogP contribution < -0.4 is 10.6 Å². The van der Waals surface area contributed by atoms with E-state index in [-0.39, 0.29) is 5.91 Å². The average molecular weight is 253 g/mol. The molecule has 1 aliphatic heterocycles. The number of amides is 1. The Hall–Kier alpha value is -1.54. The van der Waals surface area contributed by atoms with Crippen LogP contribution in [0.25, 0.3) is 0 Å². The van der Waals surface area contributed by atoms with E-state index in [1.54, 1.807) is 0 Å². The second kappa shape index (κ2) is 5.40. The Balaban J connectivity index is 1.89. The van der Waals surface area contributed by atoms with Gasteiger partial charge in [-0.25, -0.2) is 0 Å². The van der Waals surface area contributed by atoms with E-state index in [0.717, 1.165) is 26.2 Å². The van der Waals surface area contributed by atoms with Crippen LogP contribution in [0.5, 0.6) is 0 Å². The highest BCUT2D eigenvalue weighted by Gasteiger charge is 2.34. The van der Waals surface area contributed by atoms with Crippen LogP contribution in [-0.4, -0.2) is 63.1 Å². The second-order valence-electron chi connectivity index (χ2n) is 4.81. The van der Waals surface area contributed by atoms with Gasteiger partial charge in [0, 0.05) is 26.2 Å². The van der Waals surface area contributed by atoms with Gasteiger partial charge >= 0.3 is 0 Å². The first-order valence-electron chi connectivity index (χ1n) is 6.07. The summed E-state index contributed by atoms with van der Waals surface area (Å²) in [7, 11) is 0. The molecule has 1 saturated heterocycles. The monoisotopic (exact) mass is 253 g/mol. The van der Waals surface area contributed by atoms with Crippen molar-refractivity contribution >= 4 is 5.91 Å². The number of carbonyl (C=O) groups excluding carboxylic acids is 1. The number of nitrogens with one attached hydrogen (secondary N) is 3. The van der Waals surface area contributed by atoms with Gasteiger partial charge in [-0.05, 0) is 13.8 Å². The molecule has 8 heteroatoms. The summed E-state index contributed by atoms with van der Waals surface area (Å²) < 4.78 is 0. The van der Waals surface area contributed by atoms with Crippen molar-refractivity contribution in [3.8, 4) is 0 Å². The number of piperazine rings is 1. The molecule has 1 aromatic rings. The smallest absolute Gasteiger partial charge is 0.240 e. The van der Waals surface area contributed by atoms with Gasteiger partial charge in [-0.2, -0.15) is 5.21 Å². The number of rotatable bonds is 4. The number of aromatic nitrogens is 4. The van der Waals surface area contributed by atoms with Crippen LogP contribution >= 0.6 is 0 Å². The van der Waals surface area contributed by atoms with Crippen molar-refractivity contribution in [3.63, 3.8) is 0 Å². The van der Waals surface area contributed by atoms with E-state index in [2.05, 4.69) is 36.2 Å². The molecular formula is C10H19N7O. The molecule has 0 bridgehead atoms. The summed E-state index contributed by atoms with van der Waals surface area (Å²) in [5.41, 5.74) is -0.522. The molecule has 100 valence electrons. The maximum absolute atomic E-state index is 12.2. The topological polar surface area (TPSA) is 98.8 Å². The molecule has 0 spiro atoms. The molecule has 1 amide bonds. The zero-order valence-electron chi connectivity index (χ0n) is 10.7.